The largest absolute Gasteiger partial charge is 0.637 e. The topological polar surface area (TPSA) is 123 Å². The summed E-state index contributed by atoms with van der Waals surface area (Å²) in [4.78, 5) is 27.4. The van der Waals surface area contributed by atoms with Gasteiger partial charge in [-0.15, -0.1) is 0 Å². The van der Waals surface area contributed by atoms with E-state index in [1.54, 1.807) is 24.3 Å². The minimum absolute atomic E-state index is 0.00890. The lowest BCUT2D eigenvalue weighted by Gasteiger charge is -2.73. The van der Waals surface area contributed by atoms with Crippen LogP contribution < -0.4 is 24.6 Å². The first-order chi connectivity index (χ1) is 18.8. The van der Waals surface area contributed by atoms with E-state index in [2.05, 4.69) is 0 Å². The minimum atomic E-state index is -1.61. The van der Waals surface area contributed by atoms with Crippen LogP contribution >= 0.6 is 0 Å². The lowest BCUT2D eigenvalue weighted by molar-refractivity contribution is -0.325. The Kier molecular flexibility index (Phi) is 5.64. The van der Waals surface area contributed by atoms with Gasteiger partial charge in [0.15, 0.2) is 17.3 Å². The lowest BCUT2D eigenvalue weighted by atomic mass is 9.40. The highest BCUT2D eigenvalue weighted by Crippen LogP contribution is 2.70. The highest BCUT2D eigenvalue weighted by atomic mass is 16.7. The quantitative estimate of drug-likeness (QED) is 0.564. The predicted molar refractivity (Wildman–Crippen MR) is 144 cm³/mol. The highest BCUT2D eigenvalue weighted by Gasteiger charge is 2.82. The van der Waals surface area contributed by atoms with E-state index < -0.39 is 40.6 Å². The maximum Gasteiger partial charge on any atom is 0.637 e. The third-order valence-corrected chi connectivity index (χ3v) is 9.93. The smallest absolute Gasteiger partial charge is 0.493 e. The molecule has 0 unspecified atom stereocenters. The summed E-state index contributed by atoms with van der Waals surface area (Å²) in [6.45, 7) is 7.65. The summed E-state index contributed by atoms with van der Waals surface area (Å²) in [5.74, 6) is 1.57. The molecule has 2 bridgehead atoms. The molecule has 0 amide bonds. The van der Waals surface area contributed by atoms with Gasteiger partial charge in [-0.05, 0) is 44.9 Å². The maximum absolute atomic E-state index is 13.8. The summed E-state index contributed by atoms with van der Waals surface area (Å²) in [6, 6.07) is 5.02. The van der Waals surface area contributed by atoms with Crippen molar-refractivity contribution in [1.82, 2.24) is 0 Å². The van der Waals surface area contributed by atoms with E-state index in [4.69, 9.17) is 32.7 Å². The standard InChI is InChI=1S/C29H33BO10/c1-25(2)9-8-22(31)27(4)28(25)11-10-26(3)29(27,40-30(33)39-28)15-17-19(38-26)14-18(37-24(17)32)16-12-20(34-5)23(36-7)21(13-16)35-6/h8-9,12-14,33H,10-11,15H2,1-7H3/t26-,27+,28-,29-/m1/s1. The molecule has 2 aromatic rings. The first kappa shape index (κ1) is 26.9. The molecule has 40 heavy (non-hydrogen) atoms. The van der Waals surface area contributed by atoms with Crippen LogP contribution in [0.2, 0.25) is 0 Å². The number of ketones is 1. The van der Waals surface area contributed by atoms with Crippen molar-refractivity contribution in [2.24, 2.45) is 10.8 Å². The van der Waals surface area contributed by atoms with Crippen molar-refractivity contribution in [2.45, 2.75) is 63.8 Å². The fourth-order valence-electron chi connectivity index (χ4n) is 7.75. The Morgan fingerprint density at radius 2 is 1.55 bits per heavy atom. The molecule has 3 heterocycles. The molecule has 6 rings (SSSR count). The molecule has 2 aliphatic heterocycles. The van der Waals surface area contributed by atoms with Crippen molar-refractivity contribution < 1.29 is 42.5 Å². The van der Waals surface area contributed by atoms with Crippen molar-refractivity contribution in [2.75, 3.05) is 21.3 Å². The fourth-order valence-corrected chi connectivity index (χ4v) is 7.75. The van der Waals surface area contributed by atoms with Crippen molar-refractivity contribution in [1.29, 1.82) is 0 Å². The molecule has 1 saturated carbocycles. The highest BCUT2D eigenvalue weighted by molar-refractivity contribution is 6.35. The molecule has 10 nitrogen and oxygen atoms in total. The zero-order valence-corrected chi connectivity index (χ0v) is 23.7. The SMILES string of the molecule is COc1cc(-c2cc3c(c(=O)o2)C[C@@]24OB(O)O[C@]5(CC[C@@]2(C)O3)C(C)(C)C=CC(=O)[C@]45C)cc(OC)c1OC. The number of rotatable bonds is 4. The van der Waals surface area contributed by atoms with E-state index in [1.807, 2.05) is 33.8 Å². The predicted octanol–water partition coefficient (Wildman–Crippen LogP) is 3.49. The number of fused-ring (bicyclic) bond motifs is 1. The average molecular weight is 552 g/mol. The van der Waals surface area contributed by atoms with Crippen LogP contribution in [0.1, 0.15) is 46.1 Å². The summed E-state index contributed by atoms with van der Waals surface area (Å²) < 4.78 is 41.2. The third kappa shape index (κ3) is 3.05. The number of carbonyl (C=O) groups excluding carboxylic acids is 1. The molecule has 4 aliphatic rings. The van der Waals surface area contributed by atoms with Gasteiger partial charge >= 0.3 is 12.9 Å². The number of allylic oxidation sites excluding steroid dienone is 1. The molecule has 0 radical (unpaired) electrons. The number of carbonyl (C=O) groups is 1. The number of benzene rings is 1. The van der Waals surface area contributed by atoms with Gasteiger partial charge in [-0.1, -0.05) is 19.9 Å². The summed E-state index contributed by atoms with van der Waals surface area (Å²) in [6.07, 6.45) is 4.27. The minimum Gasteiger partial charge on any atom is -0.493 e. The Morgan fingerprint density at radius 1 is 0.900 bits per heavy atom. The third-order valence-electron chi connectivity index (χ3n) is 9.93. The van der Waals surface area contributed by atoms with Crippen molar-refractivity contribution in [3.8, 4) is 34.3 Å². The maximum atomic E-state index is 13.8. The molecular weight excluding hydrogens is 519 g/mol. The Morgan fingerprint density at radius 3 is 2.17 bits per heavy atom. The Labute approximate surface area is 232 Å². The van der Waals surface area contributed by atoms with Crippen LogP contribution in [0, 0.1) is 10.8 Å². The van der Waals surface area contributed by atoms with Crippen LogP contribution in [0.3, 0.4) is 0 Å². The van der Waals surface area contributed by atoms with E-state index in [-0.39, 0.29) is 23.5 Å². The molecule has 1 aromatic carbocycles. The number of hydrogen-bond acceptors (Lipinski definition) is 10. The molecule has 1 N–H and O–H groups in total. The summed E-state index contributed by atoms with van der Waals surface area (Å²) in [5, 5.41) is 10.9. The van der Waals surface area contributed by atoms with Crippen LogP contribution in [0.15, 0.2) is 39.6 Å². The van der Waals surface area contributed by atoms with Crippen LogP contribution in [0.5, 0.6) is 23.0 Å². The second-order valence-electron chi connectivity index (χ2n) is 11.9. The second-order valence-corrected chi connectivity index (χ2v) is 11.9. The Balaban J connectivity index is 1.53. The van der Waals surface area contributed by atoms with Crippen LogP contribution in [-0.2, 0) is 20.5 Å². The number of ether oxygens (including phenoxy) is 4. The number of methoxy groups -OCH3 is 3. The molecule has 212 valence electrons. The van der Waals surface area contributed by atoms with Crippen molar-refractivity contribution in [3.05, 3.63) is 46.3 Å². The first-order valence-corrected chi connectivity index (χ1v) is 13.3. The Hall–Kier alpha value is -3.28. The van der Waals surface area contributed by atoms with E-state index in [0.29, 0.717) is 41.4 Å². The van der Waals surface area contributed by atoms with Gasteiger partial charge in [-0.3, -0.25) is 4.79 Å². The summed E-state index contributed by atoms with van der Waals surface area (Å²) >= 11 is 0. The van der Waals surface area contributed by atoms with Crippen molar-refractivity contribution in [3.63, 3.8) is 0 Å². The van der Waals surface area contributed by atoms with Crippen LogP contribution in [0.25, 0.3) is 11.3 Å². The van der Waals surface area contributed by atoms with Gasteiger partial charge in [-0.2, -0.15) is 0 Å². The monoisotopic (exact) mass is 552 g/mol. The molecule has 1 aromatic heterocycles. The van der Waals surface area contributed by atoms with E-state index in [0.717, 1.165) is 0 Å². The van der Waals surface area contributed by atoms with Crippen LogP contribution in [0.4, 0.5) is 0 Å². The summed E-state index contributed by atoms with van der Waals surface area (Å²) in [5.41, 5.74) is -5.36. The van der Waals surface area contributed by atoms with Crippen molar-refractivity contribution >= 4 is 13.1 Å². The zero-order valence-electron chi connectivity index (χ0n) is 23.7. The molecule has 4 atom stereocenters. The number of hydrogen-bond donors (Lipinski definition) is 1. The fraction of sp³-hybridized carbons (Fsp3) is 0.517. The average Bonchev–Trinajstić information content (AvgIpc) is 2.91. The van der Waals surface area contributed by atoms with E-state index in [1.165, 1.54) is 21.3 Å². The zero-order chi connectivity index (χ0) is 28.9. The molecular formula is C29H33BO10. The van der Waals surface area contributed by atoms with Gasteiger partial charge in [0.05, 0.1) is 37.9 Å². The van der Waals surface area contributed by atoms with Gasteiger partial charge in [0.2, 0.25) is 5.75 Å². The van der Waals surface area contributed by atoms with Gasteiger partial charge < -0.3 is 37.7 Å². The van der Waals surface area contributed by atoms with Gasteiger partial charge in [0.25, 0.3) is 0 Å². The van der Waals surface area contributed by atoms with E-state index >= 15 is 0 Å². The first-order valence-electron chi connectivity index (χ1n) is 13.3. The second kappa shape index (κ2) is 8.37. The molecule has 2 fully saturated rings. The van der Waals surface area contributed by atoms with Gasteiger partial charge in [0, 0.05) is 23.5 Å². The normalized spacial score (nSPS) is 33.3. The Bertz CT molecular complexity index is 1490. The van der Waals surface area contributed by atoms with Gasteiger partial charge in [-0.25, -0.2) is 4.79 Å². The molecule has 1 spiro atoms. The molecule has 11 heteroatoms. The van der Waals surface area contributed by atoms with Gasteiger partial charge in [0.1, 0.15) is 22.7 Å². The summed E-state index contributed by atoms with van der Waals surface area (Å²) in [7, 11) is 2.90. The van der Waals surface area contributed by atoms with E-state index in [9.17, 15) is 14.6 Å². The van der Waals surface area contributed by atoms with Crippen LogP contribution in [-0.4, -0.2) is 56.3 Å². The lowest BCUT2D eigenvalue weighted by Crippen LogP contribution is -2.86. The molecule has 2 aliphatic carbocycles. The molecule has 1 saturated heterocycles.